The van der Waals surface area contributed by atoms with Crippen LogP contribution in [0.5, 0.6) is 0 Å². The van der Waals surface area contributed by atoms with E-state index in [4.69, 9.17) is 11.6 Å². The van der Waals surface area contributed by atoms with Crippen molar-refractivity contribution in [2.75, 3.05) is 0 Å². The smallest absolute Gasteiger partial charge is 0.169 e. The Morgan fingerprint density at radius 1 is 1.19 bits per heavy atom. The van der Waals surface area contributed by atoms with Crippen molar-refractivity contribution >= 4 is 28.3 Å². The Morgan fingerprint density at radius 2 is 2.00 bits per heavy atom. The van der Waals surface area contributed by atoms with E-state index in [1.165, 1.54) is 12.1 Å². The van der Waals surface area contributed by atoms with Gasteiger partial charge in [-0.25, -0.2) is 8.78 Å². The molecule has 0 amide bonds. The SMILES string of the molecule is O=C(Cc1cccc(F)c1F)c1c[nH]c2ccc(Cl)cc12. The molecule has 0 bridgehead atoms. The molecule has 0 radical (unpaired) electrons. The Labute approximate surface area is 124 Å². The van der Waals surface area contributed by atoms with Crippen LogP contribution in [0.1, 0.15) is 15.9 Å². The molecule has 0 spiro atoms. The largest absolute Gasteiger partial charge is 0.360 e. The molecule has 0 saturated heterocycles. The fourth-order valence-corrected chi connectivity index (χ4v) is 2.45. The number of nitrogens with one attached hydrogen (secondary N) is 1. The summed E-state index contributed by atoms with van der Waals surface area (Å²) in [5.41, 5.74) is 1.22. The Balaban J connectivity index is 1.97. The van der Waals surface area contributed by atoms with Crippen LogP contribution < -0.4 is 0 Å². The molecule has 0 saturated carbocycles. The number of halogens is 3. The van der Waals surface area contributed by atoms with Gasteiger partial charge in [0.15, 0.2) is 17.4 Å². The average Bonchev–Trinajstić information content (AvgIpc) is 2.87. The molecule has 5 heteroatoms. The van der Waals surface area contributed by atoms with Crippen molar-refractivity contribution in [3.05, 3.63) is 70.4 Å². The summed E-state index contributed by atoms with van der Waals surface area (Å²) in [6.07, 6.45) is 1.35. The van der Waals surface area contributed by atoms with E-state index < -0.39 is 11.6 Å². The summed E-state index contributed by atoms with van der Waals surface area (Å²) < 4.78 is 26.8. The van der Waals surface area contributed by atoms with Crippen molar-refractivity contribution in [2.24, 2.45) is 0 Å². The predicted octanol–water partition coefficient (Wildman–Crippen LogP) is 4.52. The lowest BCUT2D eigenvalue weighted by Gasteiger charge is -2.03. The summed E-state index contributed by atoms with van der Waals surface area (Å²) in [5, 5.41) is 1.18. The molecule has 3 aromatic rings. The van der Waals surface area contributed by atoms with E-state index in [1.807, 2.05) is 0 Å². The fourth-order valence-electron chi connectivity index (χ4n) is 2.28. The standard InChI is InChI=1S/C16H10ClF2NO/c17-10-4-5-14-11(7-10)12(8-20-14)15(21)6-9-2-1-3-13(18)16(9)19/h1-5,7-8,20H,6H2. The molecular formula is C16H10ClF2NO. The van der Waals surface area contributed by atoms with Crippen molar-refractivity contribution in [1.29, 1.82) is 0 Å². The van der Waals surface area contributed by atoms with E-state index >= 15 is 0 Å². The molecule has 106 valence electrons. The molecular weight excluding hydrogens is 296 g/mol. The van der Waals surface area contributed by atoms with Crippen LogP contribution in [-0.4, -0.2) is 10.8 Å². The van der Waals surface area contributed by atoms with E-state index in [1.54, 1.807) is 24.4 Å². The number of H-pyrrole nitrogens is 1. The van der Waals surface area contributed by atoms with Gasteiger partial charge >= 0.3 is 0 Å². The molecule has 1 N–H and O–H groups in total. The van der Waals surface area contributed by atoms with Crippen LogP contribution in [0.25, 0.3) is 10.9 Å². The highest BCUT2D eigenvalue weighted by Gasteiger charge is 2.16. The van der Waals surface area contributed by atoms with Crippen LogP contribution in [0.2, 0.25) is 5.02 Å². The van der Waals surface area contributed by atoms with Gasteiger partial charge < -0.3 is 4.98 Å². The van der Waals surface area contributed by atoms with Crippen molar-refractivity contribution < 1.29 is 13.6 Å². The number of hydrogen-bond acceptors (Lipinski definition) is 1. The van der Waals surface area contributed by atoms with Crippen molar-refractivity contribution in [3.8, 4) is 0 Å². The van der Waals surface area contributed by atoms with Gasteiger partial charge in [-0.05, 0) is 29.8 Å². The van der Waals surface area contributed by atoms with Crippen molar-refractivity contribution in [2.45, 2.75) is 6.42 Å². The molecule has 3 rings (SSSR count). The van der Waals surface area contributed by atoms with Crippen LogP contribution in [0.3, 0.4) is 0 Å². The molecule has 0 aliphatic rings. The number of aromatic nitrogens is 1. The number of ketones is 1. The third-order valence-corrected chi connectivity index (χ3v) is 3.56. The van der Waals surface area contributed by atoms with Crippen molar-refractivity contribution in [3.63, 3.8) is 0 Å². The van der Waals surface area contributed by atoms with Gasteiger partial charge in [-0.2, -0.15) is 0 Å². The van der Waals surface area contributed by atoms with Gasteiger partial charge in [0.2, 0.25) is 0 Å². The molecule has 1 heterocycles. The van der Waals surface area contributed by atoms with Crippen LogP contribution in [0, 0.1) is 11.6 Å². The summed E-state index contributed by atoms with van der Waals surface area (Å²) in [6, 6.07) is 8.95. The number of carbonyl (C=O) groups excluding carboxylic acids is 1. The van der Waals surface area contributed by atoms with Crippen LogP contribution in [-0.2, 0) is 6.42 Å². The van der Waals surface area contributed by atoms with E-state index in [2.05, 4.69) is 4.98 Å². The maximum Gasteiger partial charge on any atom is 0.169 e. The molecule has 1 aromatic heterocycles. The lowest BCUT2D eigenvalue weighted by molar-refractivity contribution is 0.0993. The second-order valence-corrected chi connectivity index (χ2v) is 5.14. The monoisotopic (exact) mass is 305 g/mol. The zero-order valence-electron chi connectivity index (χ0n) is 10.8. The van der Waals surface area contributed by atoms with Crippen LogP contribution >= 0.6 is 11.6 Å². The highest BCUT2D eigenvalue weighted by Crippen LogP contribution is 2.24. The maximum absolute atomic E-state index is 13.6. The molecule has 0 aliphatic heterocycles. The van der Waals surface area contributed by atoms with Gasteiger partial charge in [0.25, 0.3) is 0 Å². The molecule has 0 fully saturated rings. The minimum atomic E-state index is -0.983. The van der Waals surface area contributed by atoms with E-state index in [-0.39, 0.29) is 17.8 Å². The number of carbonyl (C=O) groups is 1. The number of hydrogen-bond donors (Lipinski definition) is 1. The maximum atomic E-state index is 13.6. The number of Topliss-reactive ketones (excluding diaryl/α,β-unsaturated/α-hetero) is 1. The summed E-state index contributed by atoms with van der Waals surface area (Å²) in [4.78, 5) is 15.3. The Bertz CT molecular complexity index is 841. The first-order valence-electron chi connectivity index (χ1n) is 6.29. The summed E-state index contributed by atoms with van der Waals surface area (Å²) in [7, 11) is 0. The number of fused-ring (bicyclic) bond motifs is 1. The lowest BCUT2D eigenvalue weighted by atomic mass is 10.0. The minimum absolute atomic E-state index is 0.0383. The third-order valence-electron chi connectivity index (χ3n) is 3.33. The number of rotatable bonds is 3. The Hall–Kier alpha value is -2.20. The second kappa shape index (κ2) is 5.30. The van der Waals surface area contributed by atoms with Gasteiger partial charge in [0.1, 0.15) is 0 Å². The summed E-state index contributed by atoms with van der Waals surface area (Å²) in [6.45, 7) is 0. The molecule has 0 unspecified atom stereocenters. The first kappa shape index (κ1) is 13.8. The lowest BCUT2D eigenvalue weighted by Crippen LogP contribution is -2.05. The first-order chi connectivity index (χ1) is 10.1. The highest BCUT2D eigenvalue weighted by atomic mass is 35.5. The molecule has 0 aliphatic carbocycles. The van der Waals surface area contributed by atoms with Gasteiger partial charge in [-0.3, -0.25) is 4.79 Å². The molecule has 2 aromatic carbocycles. The third kappa shape index (κ3) is 2.54. The van der Waals surface area contributed by atoms with Crippen molar-refractivity contribution in [1.82, 2.24) is 4.98 Å². The van der Waals surface area contributed by atoms with Gasteiger partial charge in [-0.1, -0.05) is 23.7 Å². The average molecular weight is 306 g/mol. The van der Waals surface area contributed by atoms with Crippen LogP contribution in [0.15, 0.2) is 42.6 Å². The van der Waals surface area contributed by atoms with E-state index in [0.29, 0.717) is 16.0 Å². The Morgan fingerprint density at radius 3 is 2.81 bits per heavy atom. The van der Waals surface area contributed by atoms with E-state index in [9.17, 15) is 13.6 Å². The Kier molecular flexibility index (Phi) is 3.47. The molecule has 21 heavy (non-hydrogen) atoms. The van der Waals surface area contributed by atoms with Crippen LogP contribution in [0.4, 0.5) is 8.78 Å². The predicted molar refractivity (Wildman–Crippen MR) is 77.7 cm³/mol. The summed E-state index contributed by atoms with van der Waals surface area (Å²) in [5.74, 6) is -2.24. The molecule has 2 nitrogen and oxygen atoms in total. The minimum Gasteiger partial charge on any atom is -0.360 e. The highest BCUT2D eigenvalue weighted by molar-refractivity contribution is 6.31. The van der Waals surface area contributed by atoms with Gasteiger partial charge in [0, 0.05) is 34.1 Å². The van der Waals surface area contributed by atoms with Gasteiger partial charge in [-0.15, -0.1) is 0 Å². The van der Waals surface area contributed by atoms with E-state index in [0.717, 1.165) is 11.6 Å². The first-order valence-corrected chi connectivity index (χ1v) is 6.67. The summed E-state index contributed by atoms with van der Waals surface area (Å²) >= 11 is 5.92. The zero-order chi connectivity index (χ0) is 15.0. The number of aromatic amines is 1. The quantitative estimate of drug-likeness (QED) is 0.709. The fraction of sp³-hybridized carbons (Fsp3) is 0.0625. The zero-order valence-corrected chi connectivity index (χ0v) is 11.5. The topological polar surface area (TPSA) is 32.9 Å². The second-order valence-electron chi connectivity index (χ2n) is 4.71. The number of benzene rings is 2. The van der Waals surface area contributed by atoms with Gasteiger partial charge in [0.05, 0.1) is 0 Å². The normalized spacial score (nSPS) is 11.0. The molecule has 0 atom stereocenters.